The van der Waals surface area contributed by atoms with Crippen molar-refractivity contribution < 1.29 is 13.2 Å². The van der Waals surface area contributed by atoms with Crippen LogP contribution in [0, 0.1) is 11.3 Å². The maximum absolute atomic E-state index is 12.8. The lowest BCUT2D eigenvalue weighted by molar-refractivity contribution is -0.137. The highest BCUT2D eigenvalue weighted by Gasteiger charge is 2.31. The highest BCUT2D eigenvalue weighted by molar-refractivity contribution is 5.26. The first-order valence-electron chi connectivity index (χ1n) is 7.53. The van der Waals surface area contributed by atoms with Gasteiger partial charge in [-0.1, -0.05) is 45.9 Å². The van der Waals surface area contributed by atoms with Crippen LogP contribution in [0.4, 0.5) is 13.2 Å². The number of benzene rings is 1. The summed E-state index contributed by atoms with van der Waals surface area (Å²) in [6.07, 6.45) is -2.69. The minimum absolute atomic E-state index is 0.0287. The first-order chi connectivity index (χ1) is 9.66. The van der Waals surface area contributed by atoms with E-state index in [9.17, 15) is 13.2 Å². The number of alkyl halides is 3. The van der Waals surface area contributed by atoms with Gasteiger partial charge < -0.3 is 5.32 Å². The van der Waals surface area contributed by atoms with Gasteiger partial charge in [-0.2, -0.15) is 13.2 Å². The van der Waals surface area contributed by atoms with Gasteiger partial charge in [0.2, 0.25) is 0 Å². The second kappa shape index (κ2) is 7.30. The lowest BCUT2D eigenvalue weighted by atomic mass is 9.80. The predicted molar refractivity (Wildman–Crippen MR) is 81.3 cm³/mol. The maximum Gasteiger partial charge on any atom is 0.416 e. The van der Waals surface area contributed by atoms with Gasteiger partial charge in [0, 0.05) is 6.54 Å². The van der Waals surface area contributed by atoms with Gasteiger partial charge in [-0.3, -0.25) is 0 Å². The molecule has 4 heteroatoms. The van der Waals surface area contributed by atoms with E-state index in [-0.39, 0.29) is 5.41 Å². The van der Waals surface area contributed by atoms with Crippen molar-refractivity contribution in [1.82, 2.24) is 5.32 Å². The largest absolute Gasteiger partial charge is 0.416 e. The molecule has 1 aromatic rings. The molecule has 0 spiro atoms. The molecule has 0 amide bonds. The average Bonchev–Trinajstić information content (AvgIpc) is 2.37. The summed E-state index contributed by atoms with van der Waals surface area (Å²) in [5, 5.41) is 3.42. The third-order valence-electron chi connectivity index (χ3n) is 3.84. The van der Waals surface area contributed by atoms with E-state index < -0.39 is 11.7 Å². The Kier molecular flexibility index (Phi) is 6.26. The molecule has 1 aromatic carbocycles. The van der Waals surface area contributed by atoms with E-state index in [0.29, 0.717) is 12.3 Å². The highest BCUT2D eigenvalue weighted by Crippen LogP contribution is 2.32. The van der Waals surface area contributed by atoms with E-state index in [0.717, 1.165) is 31.1 Å². The standard InChI is InChI=1S/C17H26F3N/c1-5-16(4,12-21-11-13(2)3)10-14-7-6-8-15(9-14)17(18,19)20/h6-9,13,21H,5,10-12H2,1-4H3. The Bertz CT molecular complexity index is 440. The quantitative estimate of drug-likeness (QED) is 0.754. The number of hydrogen-bond donors (Lipinski definition) is 1. The van der Waals surface area contributed by atoms with Crippen molar-refractivity contribution in [1.29, 1.82) is 0 Å². The zero-order chi connectivity index (χ0) is 16.1. The lowest BCUT2D eigenvalue weighted by Gasteiger charge is -2.29. The van der Waals surface area contributed by atoms with Crippen LogP contribution in [0.1, 0.15) is 45.2 Å². The summed E-state index contributed by atoms with van der Waals surface area (Å²) in [5.74, 6) is 0.569. The number of rotatable bonds is 7. The third-order valence-corrected chi connectivity index (χ3v) is 3.84. The van der Waals surface area contributed by atoms with Crippen molar-refractivity contribution in [2.45, 2.75) is 46.7 Å². The second-order valence-electron chi connectivity index (χ2n) is 6.56. The minimum atomic E-state index is -4.27. The third kappa shape index (κ3) is 6.08. The Morgan fingerprint density at radius 3 is 2.38 bits per heavy atom. The average molecular weight is 301 g/mol. The monoisotopic (exact) mass is 301 g/mol. The van der Waals surface area contributed by atoms with Crippen molar-refractivity contribution in [2.24, 2.45) is 11.3 Å². The summed E-state index contributed by atoms with van der Waals surface area (Å²) in [4.78, 5) is 0. The number of nitrogens with one attached hydrogen (secondary N) is 1. The van der Waals surface area contributed by atoms with Gasteiger partial charge in [-0.15, -0.1) is 0 Å². The van der Waals surface area contributed by atoms with Crippen molar-refractivity contribution in [3.8, 4) is 0 Å². The summed E-state index contributed by atoms with van der Waals surface area (Å²) in [5.41, 5.74) is 0.160. The van der Waals surface area contributed by atoms with Crippen LogP contribution in [0.15, 0.2) is 24.3 Å². The molecule has 1 nitrogen and oxygen atoms in total. The fourth-order valence-corrected chi connectivity index (χ4v) is 2.33. The Hall–Kier alpha value is -1.03. The molecular weight excluding hydrogens is 275 g/mol. The van der Waals surface area contributed by atoms with Crippen molar-refractivity contribution in [2.75, 3.05) is 13.1 Å². The molecule has 0 fully saturated rings. The van der Waals surface area contributed by atoms with Gasteiger partial charge in [0.25, 0.3) is 0 Å². The first kappa shape index (κ1) is 18.0. The Morgan fingerprint density at radius 2 is 1.86 bits per heavy atom. The molecule has 1 rings (SSSR count). The number of hydrogen-bond acceptors (Lipinski definition) is 1. The van der Waals surface area contributed by atoms with Crippen LogP contribution in [0.2, 0.25) is 0 Å². The summed E-state index contributed by atoms with van der Waals surface area (Å²) in [6, 6.07) is 5.68. The van der Waals surface area contributed by atoms with Crippen LogP contribution in [-0.4, -0.2) is 13.1 Å². The smallest absolute Gasteiger partial charge is 0.316 e. The maximum atomic E-state index is 12.8. The van der Waals surface area contributed by atoms with Crippen LogP contribution >= 0.6 is 0 Å². The summed E-state index contributed by atoms with van der Waals surface area (Å²) < 4.78 is 38.3. The normalized spacial score (nSPS) is 15.2. The molecular formula is C17H26F3N. The van der Waals surface area contributed by atoms with Crippen LogP contribution in [0.3, 0.4) is 0 Å². The van der Waals surface area contributed by atoms with Crippen LogP contribution < -0.4 is 5.32 Å². The van der Waals surface area contributed by atoms with Crippen LogP contribution in [0.5, 0.6) is 0 Å². The summed E-state index contributed by atoms with van der Waals surface area (Å²) in [6.45, 7) is 10.2. The molecule has 0 heterocycles. The molecule has 0 aliphatic rings. The lowest BCUT2D eigenvalue weighted by Crippen LogP contribution is -2.35. The molecule has 0 aromatic heterocycles. The van der Waals surface area contributed by atoms with Crippen molar-refractivity contribution in [3.63, 3.8) is 0 Å². The molecule has 1 unspecified atom stereocenters. The second-order valence-corrected chi connectivity index (χ2v) is 6.56. The van der Waals surface area contributed by atoms with Gasteiger partial charge in [-0.25, -0.2) is 0 Å². The van der Waals surface area contributed by atoms with E-state index in [1.807, 2.05) is 0 Å². The minimum Gasteiger partial charge on any atom is -0.316 e. The molecule has 0 radical (unpaired) electrons. The van der Waals surface area contributed by atoms with E-state index in [4.69, 9.17) is 0 Å². The zero-order valence-electron chi connectivity index (χ0n) is 13.3. The highest BCUT2D eigenvalue weighted by atomic mass is 19.4. The van der Waals surface area contributed by atoms with Gasteiger partial charge in [0.15, 0.2) is 0 Å². The molecule has 0 saturated carbocycles. The number of halogens is 3. The van der Waals surface area contributed by atoms with Gasteiger partial charge in [-0.05, 0) is 42.3 Å². The fraction of sp³-hybridized carbons (Fsp3) is 0.647. The van der Waals surface area contributed by atoms with E-state index in [1.54, 1.807) is 6.07 Å². The molecule has 21 heavy (non-hydrogen) atoms. The summed E-state index contributed by atoms with van der Waals surface area (Å²) in [7, 11) is 0. The molecule has 0 aliphatic carbocycles. The molecule has 1 atom stereocenters. The van der Waals surface area contributed by atoms with E-state index >= 15 is 0 Å². The SMILES string of the molecule is CCC(C)(CNCC(C)C)Cc1cccc(C(F)(F)F)c1. The molecule has 0 bridgehead atoms. The Balaban J connectivity index is 2.76. The van der Waals surface area contributed by atoms with Crippen LogP contribution in [0.25, 0.3) is 0 Å². The van der Waals surface area contributed by atoms with Gasteiger partial charge in [0.1, 0.15) is 0 Å². The molecule has 0 saturated heterocycles. The van der Waals surface area contributed by atoms with E-state index in [1.165, 1.54) is 12.1 Å². The van der Waals surface area contributed by atoms with Gasteiger partial charge >= 0.3 is 6.18 Å². The predicted octanol–water partition coefficient (Wildman–Crippen LogP) is 4.91. The van der Waals surface area contributed by atoms with Crippen molar-refractivity contribution in [3.05, 3.63) is 35.4 Å². The topological polar surface area (TPSA) is 12.0 Å². The molecule has 1 N–H and O–H groups in total. The molecule has 120 valence electrons. The zero-order valence-corrected chi connectivity index (χ0v) is 13.3. The molecule has 0 aliphatic heterocycles. The first-order valence-corrected chi connectivity index (χ1v) is 7.53. The Labute approximate surface area is 125 Å². The Morgan fingerprint density at radius 1 is 1.19 bits per heavy atom. The summed E-state index contributed by atoms with van der Waals surface area (Å²) >= 11 is 0. The van der Waals surface area contributed by atoms with E-state index in [2.05, 4.69) is 33.0 Å². The van der Waals surface area contributed by atoms with Gasteiger partial charge in [0.05, 0.1) is 5.56 Å². The van der Waals surface area contributed by atoms with Crippen molar-refractivity contribution >= 4 is 0 Å². The fourth-order valence-electron chi connectivity index (χ4n) is 2.33. The van der Waals surface area contributed by atoms with Crippen LogP contribution in [-0.2, 0) is 12.6 Å².